The molecule has 2 aromatic carbocycles. The summed E-state index contributed by atoms with van der Waals surface area (Å²) in [5.41, 5.74) is -0.921. The number of ether oxygens (including phenoxy) is 3. The summed E-state index contributed by atoms with van der Waals surface area (Å²) in [6.45, 7) is 5.40. The van der Waals surface area contributed by atoms with Crippen LogP contribution >= 0.6 is 11.6 Å². The highest BCUT2D eigenvalue weighted by atomic mass is 35.5. The number of aromatic nitrogens is 2. The van der Waals surface area contributed by atoms with Gasteiger partial charge in [0.25, 0.3) is 5.56 Å². The second kappa shape index (κ2) is 12.8. The van der Waals surface area contributed by atoms with Crippen LogP contribution in [0.5, 0.6) is 11.5 Å². The van der Waals surface area contributed by atoms with Crippen molar-refractivity contribution in [1.29, 1.82) is 0 Å². The van der Waals surface area contributed by atoms with E-state index in [1.807, 2.05) is 0 Å². The van der Waals surface area contributed by atoms with Crippen LogP contribution in [0, 0.1) is 0 Å². The maximum Gasteiger partial charge on any atom is 0.407 e. The van der Waals surface area contributed by atoms with Crippen molar-refractivity contribution in [3.63, 3.8) is 0 Å². The second-order valence-electron chi connectivity index (χ2n) is 11.1. The summed E-state index contributed by atoms with van der Waals surface area (Å²) in [5, 5.41) is 5.95. The van der Waals surface area contributed by atoms with E-state index in [-0.39, 0.29) is 35.8 Å². The molecule has 43 heavy (non-hydrogen) atoms. The number of likely N-dealkylation sites (tertiary alicyclic amines) is 1. The fraction of sp³-hybridized carbons (Fsp3) is 0.414. The van der Waals surface area contributed by atoms with Crippen LogP contribution in [0.4, 0.5) is 10.5 Å². The molecule has 1 atom stereocenters. The average molecular weight is 616 g/mol. The number of fused-ring (bicyclic) bond motifs is 1. The third-order valence-electron chi connectivity index (χ3n) is 6.71. The Morgan fingerprint density at radius 3 is 2.47 bits per heavy atom. The number of carbonyl (C=O) groups excluding carboxylic acids is 3. The molecule has 1 aliphatic rings. The van der Waals surface area contributed by atoms with E-state index in [2.05, 4.69) is 15.6 Å². The lowest BCUT2D eigenvalue weighted by molar-refractivity contribution is -0.131. The van der Waals surface area contributed by atoms with Crippen LogP contribution in [-0.4, -0.2) is 71.3 Å². The van der Waals surface area contributed by atoms with E-state index in [1.165, 1.54) is 37.3 Å². The van der Waals surface area contributed by atoms with Crippen molar-refractivity contribution in [2.75, 3.05) is 32.6 Å². The van der Waals surface area contributed by atoms with Gasteiger partial charge in [-0.3, -0.25) is 19.0 Å². The molecule has 1 aliphatic heterocycles. The molecule has 3 aromatic rings. The van der Waals surface area contributed by atoms with Gasteiger partial charge in [-0.15, -0.1) is 0 Å². The molecule has 3 amide bonds. The van der Waals surface area contributed by atoms with Crippen molar-refractivity contribution in [2.45, 2.75) is 51.8 Å². The summed E-state index contributed by atoms with van der Waals surface area (Å²) in [7, 11) is 2.91. The van der Waals surface area contributed by atoms with Crippen LogP contribution in [0.2, 0.25) is 5.02 Å². The van der Waals surface area contributed by atoms with Gasteiger partial charge in [0, 0.05) is 19.2 Å². The van der Waals surface area contributed by atoms with Crippen molar-refractivity contribution >= 4 is 46.1 Å². The number of halogens is 1. The van der Waals surface area contributed by atoms with Crippen molar-refractivity contribution in [3.05, 3.63) is 61.8 Å². The number of nitrogens with zero attached hydrogens (tertiary/aromatic N) is 2. The fourth-order valence-corrected chi connectivity index (χ4v) is 4.95. The molecule has 0 bridgehead atoms. The van der Waals surface area contributed by atoms with Crippen molar-refractivity contribution in [1.82, 2.24) is 19.8 Å². The molecule has 2 heterocycles. The zero-order chi connectivity index (χ0) is 31.5. The molecule has 0 unspecified atom stereocenters. The third kappa shape index (κ3) is 7.66. The summed E-state index contributed by atoms with van der Waals surface area (Å²) in [6, 6.07) is 7.40. The van der Waals surface area contributed by atoms with Crippen molar-refractivity contribution < 1.29 is 28.6 Å². The lowest BCUT2D eigenvalue weighted by Gasteiger charge is -2.22. The van der Waals surface area contributed by atoms with Crippen molar-refractivity contribution in [3.8, 4) is 11.5 Å². The minimum atomic E-state index is -0.757. The largest absolute Gasteiger partial charge is 0.495 e. The maximum atomic E-state index is 13.2. The van der Waals surface area contributed by atoms with Gasteiger partial charge < -0.3 is 34.7 Å². The van der Waals surface area contributed by atoms with E-state index >= 15 is 0 Å². The van der Waals surface area contributed by atoms with Crippen LogP contribution < -0.4 is 31.4 Å². The monoisotopic (exact) mass is 615 g/mol. The first-order valence-corrected chi connectivity index (χ1v) is 13.9. The number of methoxy groups -OCH3 is 2. The van der Waals surface area contributed by atoms with Crippen LogP contribution in [0.1, 0.15) is 32.8 Å². The number of anilines is 1. The highest BCUT2D eigenvalue weighted by Crippen LogP contribution is 2.36. The molecule has 0 aliphatic carbocycles. The van der Waals surface area contributed by atoms with Gasteiger partial charge in [0.1, 0.15) is 23.6 Å². The van der Waals surface area contributed by atoms with Gasteiger partial charge in [0.05, 0.1) is 48.3 Å². The summed E-state index contributed by atoms with van der Waals surface area (Å²) in [6.07, 6.45) is -0.127. The molecule has 1 saturated heterocycles. The Bertz CT molecular complexity index is 1680. The number of carbonyl (C=O) groups is 3. The zero-order valence-electron chi connectivity index (χ0n) is 24.5. The number of aromatic amines is 1. The number of H-pyrrole nitrogens is 1. The molecule has 1 fully saturated rings. The van der Waals surface area contributed by atoms with Gasteiger partial charge in [-0.25, -0.2) is 9.59 Å². The normalized spacial score (nSPS) is 14.8. The Morgan fingerprint density at radius 1 is 1.07 bits per heavy atom. The van der Waals surface area contributed by atoms with Gasteiger partial charge in [0.15, 0.2) is 0 Å². The first-order chi connectivity index (χ1) is 20.3. The topological polar surface area (TPSA) is 161 Å². The van der Waals surface area contributed by atoms with Gasteiger partial charge in [-0.05, 0) is 51.0 Å². The van der Waals surface area contributed by atoms with E-state index in [0.717, 1.165) is 4.57 Å². The zero-order valence-corrected chi connectivity index (χ0v) is 25.3. The summed E-state index contributed by atoms with van der Waals surface area (Å²) in [5.74, 6) is -0.0634. The second-order valence-corrected chi connectivity index (χ2v) is 11.5. The number of rotatable bonds is 8. The highest BCUT2D eigenvalue weighted by Gasteiger charge is 2.29. The van der Waals surface area contributed by atoms with E-state index in [1.54, 1.807) is 32.9 Å². The summed E-state index contributed by atoms with van der Waals surface area (Å²) in [4.78, 5) is 67.9. The van der Waals surface area contributed by atoms with Gasteiger partial charge in [0.2, 0.25) is 11.8 Å². The first-order valence-electron chi connectivity index (χ1n) is 13.5. The van der Waals surface area contributed by atoms with E-state index in [0.29, 0.717) is 40.7 Å². The number of benzene rings is 2. The number of hydrogen-bond donors (Lipinski definition) is 3. The number of nitrogens with one attached hydrogen (secondary N) is 3. The predicted octanol–water partition coefficient (Wildman–Crippen LogP) is 2.67. The van der Waals surface area contributed by atoms with Gasteiger partial charge in [-0.1, -0.05) is 17.7 Å². The van der Waals surface area contributed by atoms with E-state index in [4.69, 9.17) is 25.8 Å². The Balaban J connectivity index is 1.43. The van der Waals surface area contributed by atoms with Gasteiger partial charge in [-0.2, -0.15) is 0 Å². The van der Waals surface area contributed by atoms with Crippen LogP contribution in [-0.2, 0) is 27.3 Å². The molecular weight excluding hydrogens is 582 g/mol. The van der Waals surface area contributed by atoms with Crippen LogP contribution in [0.3, 0.4) is 0 Å². The maximum absolute atomic E-state index is 13.2. The summed E-state index contributed by atoms with van der Waals surface area (Å²) >= 11 is 6.18. The molecule has 1 aromatic heterocycles. The minimum Gasteiger partial charge on any atom is -0.495 e. The molecule has 3 N–H and O–H groups in total. The molecule has 4 rings (SSSR count). The van der Waals surface area contributed by atoms with Crippen LogP contribution in [0.15, 0.2) is 39.9 Å². The standard InChI is InChI=1S/C29H34ClN5O8/c1-29(2,3)43-28(40)31-17-8-9-34(14-17)25(37)15-35-26(38)18-7-6-16(10-20(18)33-27(35)39)11-24(36)32-21-12-19(30)22(41-4)13-23(21)42-5/h6-7,10,12-13,17H,8-9,11,14-15H2,1-5H3,(H,31,40)(H,32,36)(H,33,39)/t17-/m0/s1. The van der Waals surface area contributed by atoms with Crippen LogP contribution in [0.25, 0.3) is 10.9 Å². The SMILES string of the molecule is COc1cc(OC)c(NC(=O)Cc2ccc3c(=O)n(CC(=O)N4CC[C@H](NC(=O)OC(C)(C)C)C4)c(=O)[nH]c3c2)cc1Cl. The van der Waals surface area contributed by atoms with E-state index in [9.17, 15) is 24.0 Å². The van der Waals surface area contributed by atoms with Gasteiger partial charge >= 0.3 is 11.8 Å². The third-order valence-corrected chi connectivity index (χ3v) is 7.01. The number of alkyl carbamates (subject to hydrolysis) is 1. The molecule has 14 heteroatoms. The smallest absolute Gasteiger partial charge is 0.407 e. The minimum absolute atomic E-state index is 0.0696. The Kier molecular flexibility index (Phi) is 9.34. The lowest BCUT2D eigenvalue weighted by atomic mass is 10.1. The molecule has 230 valence electrons. The number of amides is 3. The first kappa shape index (κ1) is 31.4. The quantitative estimate of drug-likeness (QED) is 0.348. The fourth-order valence-electron chi connectivity index (χ4n) is 4.71. The molecule has 13 nitrogen and oxygen atoms in total. The summed E-state index contributed by atoms with van der Waals surface area (Å²) < 4.78 is 16.6. The molecule has 0 spiro atoms. The molecule has 0 radical (unpaired) electrons. The highest BCUT2D eigenvalue weighted by molar-refractivity contribution is 6.32. The predicted molar refractivity (Wildman–Crippen MR) is 160 cm³/mol. The number of hydrogen-bond acceptors (Lipinski definition) is 8. The molecule has 0 saturated carbocycles. The lowest BCUT2D eigenvalue weighted by Crippen LogP contribution is -2.44. The molecular formula is C29H34ClN5O8. The average Bonchev–Trinajstić information content (AvgIpc) is 3.38. The van der Waals surface area contributed by atoms with Crippen molar-refractivity contribution in [2.24, 2.45) is 0 Å². The Morgan fingerprint density at radius 2 is 1.79 bits per heavy atom. The Hall–Kier alpha value is -4.52. The Labute approximate surface area is 252 Å². The van der Waals surface area contributed by atoms with E-state index < -0.39 is 35.4 Å².